The van der Waals surface area contributed by atoms with Gasteiger partial charge in [0.1, 0.15) is 6.04 Å². The molecule has 0 spiro atoms. The summed E-state index contributed by atoms with van der Waals surface area (Å²) in [5.41, 5.74) is 5.02. The van der Waals surface area contributed by atoms with Crippen LogP contribution in [0, 0.1) is 5.92 Å². The van der Waals surface area contributed by atoms with Gasteiger partial charge in [0, 0.05) is 55.0 Å². The molecule has 1 saturated heterocycles. The van der Waals surface area contributed by atoms with E-state index in [4.69, 9.17) is 14.2 Å². The Kier molecular flexibility index (Phi) is 12.3. The van der Waals surface area contributed by atoms with Gasteiger partial charge in [0.15, 0.2) is 6.29 Å². The quantitative estimate of drug-likeness (QED) is 0.163. The maximum atomic E-state index is 13.1. The molecule has 0 saturated carbocycles. The van der Waals surface area contributed by atoms with Crippen LogP contribution in [0.15, 0.2) is 103 Å². The number of hydrogen-bond acceptors (Lipinski definition) is 8. The van der Waals surface area contributed by atoms with E-state index in [9.17, 15) is 14.7 Å². The first-order chi connectivity index (χ1) is 23.3. The van der Waals surface area contributed by atoms with Crippen LogP contribution in [0.3, 0.4) is 0 Å². The molecule has 1 fully saturated rings. The van der Waals surface area contributed by atoms with Crippen molar-refractivity contribution < 1.29 is 28.9 Å². The summed E-state index contributed by atoms with van der Waals surface area (Å²) in [5.74, 6) is -0.513. The molecule has 3 N–H and O–H groups in total. The van der Waals surface area contributed by atoms with Crippen LogP contribution in [-0.4, -0.2) is 66.4 Å². The lowest BCUT2D eigenvalue weighted by Crippen LogP contribution is -2.45. The molecule has 5 unspecified atom stereocenters. The smallest absolute Gasteiger partial charge is 0.328 e. The van der Waals surface area contributed by atoms with E-state index >= 15 is 0 Å². The summed E-state index contributed by atoms with van der Waals surface area (Å²) in [6, 6.07) is 29.1. The predicted octanol–water partition coefficient (Wildman–Crippen LogP) is 5.45. The van der Waals surface area contributed by atoms with Crippen LogP contribution in [0.25, 0.3) is 0 Å². The van der Waals surface area contributed by atoms with E-state index in [1.807, 2.05) is 97.2 Å². The van der Waals surface area contributed by atoms with E-state index in [-0.39, 0.29) is 24.7 Å². The molecule has 10 nitrogen and oxygen atoms in total. The van der Waals surface area contributed by atoms with Crippen LogP contribution in [0.1, 0.15) is 47.3 Å². The molecule has 5 rings (SSSR count). The van der Waals surface area contributed by atoms with Gasteiger partial charge in [-0.1, -0.05) is 79.7 Å². The van der Waals surface area contributed by atoms with Crippen molar-refractivity contribution in [3.8, 4) is 0 Å². The van der Waals surface area contributed by atoms with E-state index in [1.54, 1.807) is 6.07 Å². The zero-order chi connectivity index (χ0) is 33.9. The number of anilines is 1. The zero-order valence-corrected chi connectivity index (χ0v) is 27.6. The highest BCUT2D eigenvalue weighted by molar-refractivity contribution is 5.92. The van der Waals surface area contributed by atoms with Crippen molar-refractivity contribution in [3.05, 3.63) is 131 Å². The molecule has 3 aromatic carbocycles. The number of amides is 2. The Hall–Kier alpha value is -4.61. The average molecular weight is 653 g/mol. The molecule has 0 aliphatic carbocycles. The van der Waals surface area contributed by atoms with Crippen molar-refractivity contribution in [2.24, 2.45) is 5.92 Å². The molecule has 2 amide bonds. The minimum Gasteiger partial charge on any atom is -0.467 e. The first-order valence-electron chi connectivity index (χ1n) is 16.2. The fraction of sp³-hybridized carbons (Fsp3) is 0.342. The molecule has 48 heavy (non-hydrogen) atoms. The number of nitrogens with zero attached hydrogens (tertiary/aromatic N) is 2. The Balaban J connectivity index is 1.30. The number of rotatable bonds is 13. The summed E-state index contributed by atoms with van der Waals surface area (Å²) >= 11 is 0. The highest BCUT2D eigenvalue weighted by Crippen LogP contribution is 2.42. The molecule has 252 valence electrons. The van der Waals surface area contributed by atoms with E-state index < -0.39 is 24.3 Å². The molecule has 4 aromatic rings. The Morgan fingerprint density at radius 2 is 1.71 bits per heavy atom. The Bertz CT molecular complexity index is 1600. The van der Waals surface area contributed by atoms with Crippen molar-refractivity contribution in [2.45, 2.75) is 50.9 Å². The van der Waals surface area contributed by atoms with Gasteiger partial charge in [0.2, 0.25) is 0 Å². The van der Waals surface area contributed by atoms with Crippen LogP contribution in [0.2, 0.25) is 0 Å². The minimum absolute atomic E-state index is 0.0190. The standard InChI is InChI=1S/C38H44N4O6/c1-26-34(24-42(2)21-19-31-13-7-8-20-39-31)47-37(48-35(26)29-17-15-28(25-43)16-18-29)30-12-9-14-32(23-30)40-38(45)41-33(36(44)46-3)22-27-10-5-4-6-11-27/h4-18,20,23,26,33-35,37,43H,19,21-22,24-25H2,1-3H3,(H2,40,41,45). The molecular weight excluding hydrogens is 608 g/mol. The number of ether oxygens (including phenoxy) is 3. The van der Waals surface area contributed by atoms with Gasteiger partial charge < -0.3 is 34.9 Å². The van der Waals surface area contributed by atoms with Crippen LogP contribution >= 0.6 is 0 Å². The fourth-order valence-electron chi connectivity index (χ4n) is 5.85. The topological polar surface area (TPSA) is 122 Å². The van der Waals surface area contributed by atoms with Gasteiger partial charge in [-0.2, -0.15) is 0 Å². The third-order valence-electron chi connectivity index (χ3n) is 8.58. The Morgan fingerprint density at radius 3 is 2.42 bits per heavy atom. The molecule has 5 atom stereocenters. The largest absolute Gasteiger partial charge is 0.467 e. The Labute approximate surface area is 282 Å². The number of aliphatic hydroxyl groups excluding tert-OH is 1. The number of aromatic nitrogens is 1. The SMILES string of the molecule is COC(=O)C(Cc1ccccc1)NC(=O)Nc1cccc(C2OC(CN(C)CCc3ccccn3)C(C)C(c3ccc(CO)cc3)O2)c1. The number of benzene rings is 3. The van der Waals surface area contributed by atoms with Crippen molar-refractivity contribution in [1.29, 1.82) is 0 Å². The zero-order valence-electron chi connectivity index (χ0n) is 27.6. The summed E-state index contributed by atoms with van der Waals surface area (Å²) in [5, 5.41) is 15.2. The molecule has 0 bridgehead atoms. The third kappa shape index (κ3) is 9.48. The lowest BCUT2D eigenvalue weighted by molar-refractivity contribution is -0.275. The number of urea groups is 1. The number of esters is 1. The first-order valence-corrected chi connectivity index (χ1v) is 16.2. The third-order valence-corrected chi connectivity index (χ3v) is 8.58. The number of carbonyl (C=O) groups is 2. The number of nitrogens with one attached hydrogen (secondary N) is 2. The summed E-state index contributed by atoms with van der Waals surface area (Å²) < 4.78 is 18.2. The Morgan fingerprint density at radius 1 is 0.938 bits per heavy atom. The molecule has 1 aliphatic rings. The number of hydrogen-bond donors (Lipinski definition) is 3. The van der Waals surface area contributed by atoms with Gasteiger partial charge in [0.05, 0.1) is 25.9 Å². The van der Waals surface area contributed by atoms with Crippen LogP contribution in [0.4, 0.5) is 10.5 Å². The number of likely N-dealkylation sites (N-methyl/N-ethyl adjacent to an activating group) is 1. The summed E-state index contributed by atoms with van der Waals surface area (Å²) in [6.45, 7) is 3.59. The van der Waals surface area contributed by atoms with Gasteiger partial charge in [-0.05, 0) is 48.0 Å². The maximum Gasteiger partial charge on any atom is 0.328 e. The second kappa shape index (κ2) is 17.0. The van der Waals surface area contributed by atoms with Gasteiger partial charge >= 0.3 is 12.0 Å². The van der Waals surface area contributed by atoms with Crippen molar-refractivity contribution >= 4 is 17.7 Å². The average Bonchev–Trinajstić information content (AvgIpc) is 3.12. The molecule has 1 aliphatic heterocycles. The highest BCUT2D eigenvalue weighted by atomic mass is 16.7. The van der Waals surface area contributed by atoms with Crippen molar-refractivity contribution in [2.75, 3.05) is 32.6 Å². The second-order valence-corrected chi connectivity index (χ2v) is 12.1. The molecular formula is C38H44N4O6. The van der Waals surface area contributed by atoms with E-state index in [0.717, 1.165) is 40.9 Å². The predicted molar refractivity (Wildman–Crippen MR) is 183 cm³/mol. The van der Waals surface area contributed by atoms with Gasteiger partial charge in [0.25, 0.3) is 0 Å². The maximum absolute atomic E-state index is 13.1. The summed E-state index contributed by atoms with van der Waals surface area (Å²) in [4.78, 5) is 32.3. The van der Waals surface area contributed by atoms with Crippen LogP contribution in [0.5, 0.6) is 0 Å². The summed E-state index contributed by atoms with van der Waals surface area (Å²) in [7, 11) is 3.38. The van der Waals surface area contributed by atoms with E-state index in [0.29, 0.717) is 18.7 Å². The molecule has 10 heteroatoms. The van der Waals surface area contributed by atoms with E-state index in [1.165, 1.54) is 7.11 Å². The van der Waals surface area contributed by atoms with Crippen molar-refractivity contribution in [1.82, 2.24) is 15.2 Å². The normalized spacial score (nSPS) is 19.8. The lowest BCUT2D eigenvalue weighted by atomic mass is 9.90. The number of pyridine rings is 1. The number of aliphatic hydroxyl groups is 1. The van der Waals surface area contributed by atoms with Crippen molar-refractivity contribution in [3.63, 3.8) is 0 Å². The van der Waals surface area contributed by atoms with Crippen LogP contribution < -0.4 is 10.6 Å². The number of carbonyl (C=O) groups excluding carboxylic acids is 2. The van der Waals surface area contributed by atoms with Gasteiger partial charge in [-0.3, -0.25) is 4.98 Å². The van der Waals surface area contributed by atoms with Crippen LogP contribution in [-0.2, 0) is 38.5 Å². The lowest BCUT2D eigenvalue weighted by Gasteiger charge is -2.42. The fourth-order valence-corrected chi connectivity index (χ4v) is 5.85. The number of methoxy groups -OCH3 is 1. The first kappa shape index (κ1) is 34.7. The van der Waals surface area contributed by atoms with Gasteiger partial charge in [-0.15, -0.1) is 0 Å². The minimum atomic E-state index is -0.861. The monoisotopic (exact) mass is 652 g/mol. The molecule has 1 aromatic heterocycles. The molecule has 0 radical (unpaired) electrons. The summed E-state index contributed by atoms with van der Waals surface area (Å²) in [6.07, 6.45) is 1.78. The van der Waals surface area contributed by atoms with E-state index in [2.05, 4.69) is 34.5 Å². The molecule has 2 heterocycles. The second-order valence-electron chi connectivity index (χ2n) is 12.1. The van der Waals surface area contributed by atoms with Gasteiger partial charge in [-0.25, -0.2) is 9.59 Å². The highest BCUT2D eigenvalue weighted by Gasteiger charge is 2.39.